The number of nitrogens with one attached hydrogen (secondary N) is 1. The molecule has 2 aliphatic rings. The van der Waals surface area contributed by atoms with Gasteiger partial charge in [-0.25, -0.2) is 9.59 Å². The Morgan fingerprint density at radius 1 is 1.11 bits per heavy atom. The summed E-state index contributed by atoms with van der Waals surface area (Å²) in [6.45, 7) is 8.43. The number of ether oxygens (including phenoxy) is 1. The van der Waals surface area contributed by atoms with Crippen LogP contribution in [0.2, 0.25) is 0 Å². The van der Waals surface area contributed by atoms with Gasteiger partial charge in [0.05, 0.1) is 5.52 Å². The fourth-order valence-corrected chi connectivity index (χ4v) is 4.45. The number of carboxylic acids is 2. The fourth-order valence-electron chi connectivity index (χ4n) is 4.45. The van der Waals surface area contributed by atoms with Crippen molar-refractivity contribution in [3.8, 4) is 0 Å². The summed E-state index contributed by atoms with van der Waals surface area (Å²) in [5.74, 6) is -3.28. The summed E-state index contributed by atoms with van der Waals surface area (Å²) in [5.41, 5.74) is 0.143. The number of fused-ring (bicyclic) bond motifs is 1. The molecule has 192 valence electrons. The Hall–Kier alpha value is -3.02. The molecule has 1 aromatic heterocycles. The molecule has 3 heterocycles. The molecule has 11 heteroatoms. The molecule has 35 heavy (non-hydrogen) atoms. The predicted molar refractivity (Wildman–Crippen MR) is 127 cm³/mol. The number of benzene rings is 1. The number of aliphatic hydroxyl groups is 1. The Kier molecular flexibility index (Phi) is 8.82. The van der Waals surface area contributed by atoms with Gasteiger partial charge >= 0.3 is 11.9 Å². The number of para-hydroxylation sites is 1. The number of carbonyl (C=O) groups excluding carboxylic acids is 1. The van der Waals surface area contributed by atoms with Crippen LogP contribution in [0.25, 0.3) is 10.9 Å². The van der Waals surface area contributed by atoms with Gasteiger partial charge in [-0.15, -0.1) is 0 Å². The summed E-state index contributed by atoms with van der Waals surface area (Å²) >= 11 is 0. The third kappa shape index (κ3) is 7.00. The van der Waals surface area contributed by atoms with Gasteiger partial charge in [0.15, 0.2) is 5.69 Å². The van der Waals surface area contributed by atoms with Gasteiger partial charge in [-0.05, 0) is 38.7 Å². The molecule has 0 bridgehead atoms. The third-order valence-electron chi connectivity index (χ3n) is 6.39. The second-order valence-electron chi connectivity index (χ2n) is 9.36. The topological polar surface area (TPSA) is 154 Å². The lowest BCUT2D eigenvalue weighted by atomic mass is 9.95. The molecule has 0 aliphatic carbocycles. The van der Waals surface area contributed by atoms with Crippen LogP contribution in [-0.4, -0.2) is 86.4 Å². The lowest BCUT2D eigenvalue weighted by Crippen LogP contribution is -2.56. The van der Waals surface area contributed by atoms with Crippen molar-refractivity contribution in [1.82, 2.24) is 20.0 Å². The second-order valence-corrected chi connectivity index (χ2v) is 9.36. The van der Waals surface area contributed by atoms with Gasteiger partial charge in [0, 0.05) is 57.1 Å². The van der Waals surface area contributed by atoms with Crippen molar-refractivity contribution in [2.45, 2.75) is 51.3 Å². The van der Waals surface area contributed by atoms with Gasteiger partial charge in [-0.1, -0.05) is 18.2 Å². The Morgan fingerprint density at radius 2 is 1.71 bits per heavy atom. The maximum atomic E-state index is 13.0. The van der Waals surface area contributed by atoms with Gasteiger partial charge in [-0.3, -0.25) is 9.48 Å². The van der Waals surface area contributed by atoms with Crippen molar-refractivity contribution in [2.24, 2.45) is 5.92 Å². The number of hydrogen-bond donors (Lipinski definition) is 4. The highest BCUT2D eigenvalue weighted by Gasteiger charge is 2.35. The highest BCUT2D eigenvalue weighted by Crippen LogP contribution is 2.25. The number of carboxylic acid groups (broad SMARTS) is 2. The minimum atomic E-state index is -1.82. The molecule has 2 aliphatic heterocycles. The average molecular weight is 491 g/mol. The van der Waals surface area contributed by atoms with E-state index in [2.05, 4.69) is 15.3 Å². The summed E-state index contributed by atoms with van der Waals surface area (Å²) in [5, 5.41) is 34.0. The van der Waals surface area contributed by atoms with Crippen molar-refractivity contribution in [3.05, 3.63) is 30.0 Å². The number of hydrogen-bond acceptors (Lipinski definition) is 7. The van der Waals surface area contributed by atoms with Crippen LogP contribution in [0, 0.1) is 5.92 Å². The van der Waals surface area contributed by atoms with Crippen LogP contribution in [-0.2, 0) is 14.3 Å². The monoisotopic (exact) mass is 490 g/mol. The van der Waals surface area contributed by atoms with Crippen LogP contribution in [0.15, 0.2) is 24.3 Å². The van der Waals surface area contributed by atoms with Crippen LogP contribution in [0.5, 0.6) is 0 Å². The lowest BCUT2D eigenvalue weighted by Gasteiger charge is -2.40. The summed E-state index contributed by atoms with van der Waals surface area (Å²) in [4.78, 5) is 33.6. The van der Waals surface area contributed by atoms with E-state index in [0.29, 0.717) is 24.5 Å². The molecule has 0 atom stereocenters. The van der Waals surface area contributed by atoms with Gasteiger partial charge in [-0.2, -0.15) is 5.10 Å². The van der Waals surface area contributed by atoms with Crippen molar-refractivity contribution in [2.75, 3.05) is 32.8 Å². The van der Waals surface area contributed by atoms with E-state index < -0.39 is 17.7 Å². The van der Waals surface area contributed by atoms with Crippen LogP contribution in [0.4, 0.5) is 0 Å². The lowest BCUT2D eigenvalue weighted by molar-refractivity contribution is -0.159. The van der Waals surface area contributed by atoms with Gasteiger partial charge in [0.1, 0.15) is 5.72 Å². The van der Waals surface area contributed by atoms with Gasteiger partial charge in [0.2, 0.25) is 0 Å². The maximum absolute atomic E-state index is 13.0. The van der Waals surface area contributed by atoms with Crippen LogP contribution in [0.3, 0.4) is 0 Å². The number of rotatable bonds is 5. The van der Waals surface area contributed by atoms with E-state index in [1.54, 1.807) is 0 Å². The zero-order chi connectivity index (χ0) is 25.6. The summed E-state index contributed by atoms with van der Waals surface area (Å²) in [7, 11) is 0. The van der Waals surface area contributed by atoms with E-state index in [1.807, 2.05) is 42.8 Å². The third-order valence-corrected chi connectivity index (χ3v) is 6.39. The second kappa shape index (κ2) is 11.6. The molecule has 1 amide bonds. The van der Waals surface area contributed by atoms with Crippen molar-refractivity contribution in [3.63, 3.8) is 0 Å². The molecule has 2 saturated heterocycles. The number of nitrogens with zero attached hydrogens (tertiary/aromatic N) is 3. The number of amides is 1. The molecule has 1 aromatic carbocycles. The molecule has 0 unspecified atom stereocenters. The van der Waals surface area contributed by atoms with Crippen molar-refractivity contribution in [1.29, 1.82) is 0 Å². The molecule has 2 fully saturated rings. The minimum Gasteiger partial charge on any atom is -0.473 e. The molecule has 0 saturated carbocycles. The molecular weight excluding hydrogens is 456 g/mol. The number of aliphatic carboxylic acids is 2. The van der Waals surface area contributed by atoms with Gasteiger partial charge < -0.3 is 30.3 Å². The Labute approximate surface area is 203 Å². The molecule has 11 nitrogen and oxygen atoms in total. The van der Waals surface area contributed by atoms with Crippen molar-refractivity contribution < 1.29 is 34.4 Å². The molecule has 4 rings (SSSR count). The maximum Gasteiger partial charge on any atom is 0.414 e. The molecular formula is C24H34N4O7. The summed E-state index contributed by atoms with van der Waals surface area (Å²) < 4.78 is 7.31. The number of piperidine rings is 1. The molecule has 2 aromatic rings. The zero-order valence-electron chi connectivity index (χ0n) is 20.1. The summed E-state index contributed by atoms with van der Waals surface area (Å²) in [6, 6.07) is 7.90. The van der Waals surface area contributed by atoms with Crippen LogP contribution in [0.1, 0.15) is 56.1 Å². The quantitative estimate of drug-likeness (QED) is 0.362. The molecule has 0 spiro atoms. The van der Waals surface area contributed by atoms with E-state index in [9.17, 15) is 9.90 Å². The smallest absolute Gasteiger partial charge is 0.414 e. The Morgan fingerprint density at radius 3 is 2.29 bits per heavy atom. The van der Waals surface area contributed by atoms with E-state index in [4.69, 9.17) is 24.5 Å². The number of likely N-dealkylation sites (tertiary alicyclic amines) is 1. The van der Waals surface area contributed by atoms with Crippen LogP contribution < -0.4 is 5.32 Å². The first-order chi connectivity index (χ1) is 16.6. The van der Waals surface area contributed by atoms with Crippen molar-refractivity contribution >= 4 is 28.7 Å². The minimum absolute atomic E-state index is 0.151. The van der Waals surface area contributed by atoms with Gasteiger partial charge in [0.25, 0.3) is 5.91 Å². The first-order valence-corrected chi connectivity index (χ1v) is 11.9. The SMILES string of the molecule is CC(C)n1nc(C(=O)NC2(O)CCN(CC3CCOCC3)CC2)c2ccccc21.O=C(O)C(=O)O. The fraction of sp³-hybridized carbons (Fsp3) is 0.583. The predicted octanol–water partition coefficient (Wildman–Crippen LogP) is 1.71. The van der Waals surface area contributed by atoms with E-state index in [-0.39, 0.29) is 11.9 Å². The first-order valence-electron chi connectivity index (χ1n) is 11.9. The molecule has 0 radical (unpaired) electrons. The highest BCUT2D eigenvalue weighted by molar-refractivity contribution is 6.27. The standard InChI is InChI=1S/C22H32N4O3.C2H2O4/c1-16(2)26-19-6-4-3-5-18(19)20(24-26)21(27)23-22(28)9-11-25(12-10-22)15-17-7-13-29-14-8-17;3-1(4)2(5)6/h3-6,16-17,28H,7-15H2,1-2H3,(H,23,27);(H,3,4)(H,5,6). The summed E-state index contributed by atoms with van der Waals surface area (Å²) in [6.07, 6.45) is 3.29. The van der Waals surface area contributed by atoms with E-state index in [0.717, 1.165) is 56.6 Å². The zero-order valence-corrected chi connectivity index (χ0v) is 20.1. The Balaban J connectivity index is 0.000000509. The number of aromatic nitrogens is 2. The highest BCUT2D eigenvalue weighted by atomic mass is 16.5. The molecule has 4 N–H and O–H groups in total. The Bertz CT molecular complexity index is 1030. The normalized spacial score (nSPS) is 18.6. The average Bonchev–Trinajstić information content (AvgIpc) is 3.22. The first kappa shape index (κ1) is 26.6. The largest absolute Gasteiger partial charge is 0.473 e. The van der Waals surface area contributed by atoms with E-state index >= 15 is 0 Å². The van der Waals surface area contributed by atoms with E-state index in [1.165, 1.54) is 0 Å². The number of carbonyl (C=O) groups is 3. The van der Waals surface area contributed by atoms with Crippen LogP contribution >= 0.6 is 0 Å².